The Morgan fingerprint density at radius 3 is 2.92 bits per heavy atom. The number of fused-ring (bicyclic) bond motifs is 1. The van der Waals surface area contributed by atoms with Crippen molar-refractivity contribution >= 4 is 0 Å². The molecule has 2 rings (SSSR count). The van der Waals surface area contributed by atoms with Crippen molar-refractivity contribution in [2.75, 3.05) is 0 Å². The second kappa shape index (κ2) is 2.79. The number of hydrogen-bond acceptors (Lipinski definition) is 2. The van der Waals surface area contributed by atoms with Gasteiger partial charge in [0.2, 0.25) is 0 Å². The van der Waals surface area contributed by atoms with Crippen LogP contribution in [0.2, 0.25) is 0 Å². The molecule has 2 N–H and O–H groups in total. The number of ether oxygens (including phenoxy) is 1. The smallest absolute Gasteiger partial charge is 0.123 e. The first-order valence-corrected chi connectivity index (χ1v) is 4.27. The Kier molecular flexibility index (Phi) is 1.77. The van der Waals surface area contributed by atoms with Crippen molar-refractivity contribution in [2.45, 2.75) is 25.5 Å². The zero-order valence-electron chi connectivity index (χ0n) is 7.16. The molecule has 0 aliphatic carbocycles. The molecule has 2 heteroatoms. The molecule has 1 aliphatic heterocycles. The van der Waals surface area contributed by atoms with Crippen LogP contribution in [0.3, 0.4) is 0 Å². The molecule has 64 valence electrons. The first-order chi connectivity index (χ1) is 5.77. The van der Waals surface area contributed by atoms with E-state index in [2.05, 4.69) is 6.07 Å². The Hall–Kier alpha value is -1.02. The van der Waals surface area contributed by atoms with E-state index in [1.807, 2.05) is 25.1 Å². The molecular formula is C10H13NO. The number of rotatable bonds is 1. The lowest BCUT2D eigenvalue weighted by atomic mass is 10.1. The summed E-state index contributed by atoms with van der Waals surface area (Å²) in [7, 11) is 0. The maximum Gasteiger partial charge on any atom is 0.123 e. The Balaban J connectivity index is 2.22. The summed E-state index contributed by atoms with van der Waals surface area (Å²) in [5.41, 5.74) is 7.03. The van der Waals surface area contributed by atoms with Gasteiger partial charge in [0.15, 0.2) is 0 Å². The van der Waals surface area contributed by atoms with E-state index in [1.165, 1.54) is 5.56 Å². The van der Waals surface area contributed by atoms with Gasteiger partial charge in [-0.2, -0.15) is 0 Å². The third-order valence-electron chi connectivity index (χ3n) is 2.26. The van der Waals surface area contributed by atoms with Crippen LogP contribution in [-0.2, 0) is 6.42 Å². The number of nitrogens with two attached hydrogens (primary N) is 1. The standard InChI is InChI=1S/C10H13NO/c1-7(11)10-6-8-4-2-3-5-9(8)12-10/h2-5,7,10H,6,11H2,1H3/t7-,10?/m0/s1. The normalized spacial score (nSPS) is 23.0. The van der Waals surface area contributed by atoms with Crippen LogP contribution in [0.1, 0.15) is 12.5 Å². The van der Waals surface area contributed by atoms with Gasteiger partial charge in [-0.25, -0.2) is 0 Å². The minimum absolute atomic E-state index is 0.109. The van der Waals surface area contributed by atoms with Crippen LogP contribution in [0, 0.1) is 0 Å². The van der Waals surface area contributed by atoms with Gasteiger partial charge >= 0.3 is 0 Å². The molecule has 2 nitrogen and oxygen atoms in total. The average Bonchev–Trinajstić information content (AvgIpc) is 2.46. The molecule has 0 saturated carbocycles. The van der Waals surface area contributed by atoms with Gasteiger partial charge in [0.05, 0.1) is 0 Å². The molecule has 1 unspecified atom stereocenters. The summed E-state index contributed by atoms with van der Waals surface area (Å²) >= 11 is 0. The summed E-state index contributed by atoms with van der Waals surface area (Å²) in [5, 5.41) is 0. The van der Waals surface area contributed by atoms with Crippen LogP contribution in [0.25, 0.3) is 0 Å². The minimum atomic E-state index is 0.109. The summed E-state index contributed by atoms with van der Waals surface area (Å²) < 4.78 is 5.64. The van der Waals surface area contributed by atoms with Crippen LogP contribution < -0.4 is 10.5 Å². The first kappa shape index (κ1) is 7.62. The van der Waals surface area contributed by atoms with Gasteiger partial charge in [0, 0.05) is 12.5 Å². The molecule has 0 amide bonds. The molecular weight excluding hydrogens is 150 g/mol. The first-order valence-electron chi connectivity index (χ1n) is 4.27. The van der Waals surface area contributed by atoms with Gasteiger partial charge < -0.3 is 10.5 Å². The van der Waals surface area contributed by atoms with Gasteiger partial charge in [0.25, 0.3) is 0 Å². The van der Waals surface area contributed by atoms with Crippen molar-refractivity contribution in [3.05, 3.63) is 29.8 Å². The largest absolute Gasteiger partial charge is 0.488 e. The zero-order valence-corrected chi connectivity index (χ0v) is 7.16. The van der Waals surface area contributed by atoms with Crippen molar-refractivity contribution in [1.82, 2.24) is 0 Å². The van der Waals surface area contributed by atoms with Gasteiger partial charge in [0.1, 0.15) is 11.9 Å². The lowest BCUT2D eigenvalue weighted by Crippen LogP contribution is -2.34. The highest BCUT2D eigenvalue weighted by molar-refractivity contribution is 5.37. The molecule has 2 atom stereocenters. The van der Waals surface area contributed by atoms with Gasteiger partial charge in [-0.1, -0.05) is 18.2 Å². The predicted octanol–water partition coefficient (Wildman–Crippen LogP) is 1.34. The van der Waals surface area contributed by atoms with Crippen LogP contribution in [0.15, 0.2) is 24.3 Å². The summed E-state index contributed by atoms with van der Waals surface area (Å²) in [4.78, 5) is 0. The highest BCUT2D eigenvalue weighted by Gasteiger charge is 2.24. The Morgan fingerprint density at radius 2 is 2.25 bits per heavy atom. The molecule has 0 bridgehead atoms. The second-order valence-electron chi connectivity index (χ2n) is 3.33. The van der Waals surface area contributed by atoms with E-state index in [0.717, 1.165) is 12.2 Å². The topological polar surface area (TPSA) is 35.2 Å². The number of hydrogen-bond donors (Lipinski definition) is 1. The van der Waals surface area contributed by atoms with Crippen LogP contribution >= 0.6 is 0 Å². The third-order valence-corrected chi connectivity index (χ3v) is 2.26. The molecule has 12 heavy (non-hydrogen) atoms. The van der Waals surface area contributed by atoms with Crippen molar-refractivity contribution in [1.29, 1.82) is 0 Å². The highest BCUT2D eigenvalue weighted by Crippen LogP contribution is 2.28. The van der Waals surface area contributed by atoms with E-state index < -0.39 is 0 Å². The lowest BCUT2D eigenvalue weighted by Gasteiger charge is -2.13. The van der Waals surface area contributed by atoms with Gasteiger partial charge in [-0.15, -0.1) is 0 Å². The molecule has 0 aromatic heterocycles. The summed E-state index contributed by atoms with van der Waals surface area (Å²) in [5.74, 6) is 1.000. The quantitative estimate of drug-likeness (QED) is 0.678. The fourth-order valence-corrected chi connectivity index (χ4v) is 1.50. The van der Waals surface area contributed by atoms with Crippen LogP contribution in [-0.4, -0.2) is 12.1 Å². The monoisotopic (exact) mass is 163 g/mol. The Morgan fingerprint density at radius 1 is 1.50 bits per heavy atom. The minimum Gasteiger partial charge on any atom is -0.488 e. The van der Waals surface area contributed by atoms with E-state index in [1.54, 1.807) is 0 Å². The molecule has 1 aromatic rings. The van der Waals surface area contributed by atoms with E-state index in [4.69, 9.17) is 10.5 Å². The molecule has 0 fully saturated rings. The lowest BCUT2D eigenvalue weighted by molar-refractivity contribution is 0.206. The second-order valence-corrected chi connectivity index (χ2v) is 3.33. The molecule has 1 heterocycles. The summed E-state index contributed by atoms with van der Waals surface area (Å²) in [6.07, 6.45) is 1.12. The van der Waals surface area contributed by atoms with Crippen molar-refractivity contribution in [3.63, 3.8) is 0 Å². The molecule has 1 aromatic carbocycles. The van der Waals surface area contributed by atoms with Crippen molar-refractivity contribution < 1.29 is 4.74 Å². The zero-order chi connectivity index (χ0) is 8.55. The fraction of sp³-hybridized carbons (Fsp3) is 0.400. The van der Waals surface area contributed by atoms with E-state index in [0.29, 0.717) is 0 Å². The van der Waals surface area contributed by atoms with Crippen molar-refractivity contribution in [3.8, 4) is 5.75 Å². The molecule has 0 radical (unpaired) electrons. The molecule has 0 saturated heterocycles. The highest BCUT2D eigenvalue weighted by atomic mass is 16.5. The van der Waals surface area contributed by atoms with Gasteiger partial charge in [-0.05, 0) is 18.6 Å². The third kappa shape index (κ3) is 1.18. The van der Waals surface area contributed by atoms with Crippen LogP contribution in [0.5, 0.6) is 5.75 Å². The average molecular weight is 163 g/mol. The summed E-state index contributed by atoms with van der Waals surface area (Å²) in [6, 6.07) is 8.22. The van der Waals surface area contributed by atoms with E-state index >= 15 is 0 Å². The number of para-hydroxylation sites is 1. The predicted molar refractivity (Wildman–Crippen MR) is 48.2 cm³/mol. The molecule has 0 spiro atoms. The maximum absolute atomic E-state index is 5.75. The summed E-state index contributed by atoms with van der Waals surface area (Å²) in [6.45, 7) is 1.98. The van der Waals surface area contributed by atoms with Gasteiger partial charge in [-0.3, -0.25) is 0 Å². The van der Waals surface area contributed by atoms with Crippen molar-refractivity contribution in [2.24, 2.45) is 5.73 Å². The number of benzene rings is 1. The van der Waals surface area contributed by atoms with E-state index in [9.17, 15) is 0 Å². The van der Waals surface area contributed by atoms with Crippen LogP contribution in [0.4, 0.5) is 0 Å². The van der Waals surface area contributed by atoms with E-state index in [-0.39, 0.29) is 12.1 Å². The Bertz CT molecular complexity index is 258. The SMILES string of the molecule is C[C@H](N)C1Cc2ccccc2O1. The molecule has 1 aliphatic rings. The fourth-order valence-electron chi connectivity index (χ4n) is 1.50. The maximum atomic E-state index is 5.75. The Labute approximate surface area is 72.3 Å².